The fraction of sp³-hybridized carbons (Fsp3) is 0.667. The molecule has 1 aromatic rings. The molecule has 0 bridgehead atoms. The summed E-state index contributed by atoms with van der Waals surface area (Å²) in [6.45, 7) is 2.81. The number of carbonyl (C=O) groups excluding carboxylic acids is 1. The van der Waals surface area contributed by atoms with Crippen LogP contribution in [0, 0.1) is 13.8 Å². The van der Waals surface area contributed by atoms with Crippen molar-refractivity contribution < 1.29 is 13.6 Å². The first-order valence-electron chi connectivity index (χ1n) is 6.18. The average molecular weight is 311 g/mol. The number of aryl methyl sites for hydroxylation is 1. The molecule has 8 heteroatoms. The van der Waals surface area contributed by atoms with Crippen LogP contribution in [0.5, 0.6) is 0 Å². The van der Waals surface area contributed by atoms with Gasteiger partial charge >= 0.3 is 6.55 Å². The Balaban J connectivity index is 0.00000361. The number of nitrogens with one attached hydrogen (secondary N) is 1. The molecule has 0 aliphatic heterocycles. The van der Waals surface area contributed by atoms with Crippen LogP contribution >= 0.6 is 12.4 Å². The number of carbonyl (C=O) groups is 1. The van der Waals surface area contributed by atoms with Gasteiger partial charge in [-0.25, -0.2) is 4.68 Å². The molecule has 0 aliphatic carbocycles. The van der Waals surface area contributed by atoms with Crippen LogP contribution in [-0.2, 0) is 11.2 Å². The van der Waals surface area contributed by atoms with E-state index in [2.05, 4.69) is 10.4 Å². The molecule has 0 saturated carbocycles. The minimum atomic E-state index is -2.69. The van der Waals surface area contributed by atoms with Gasteiger partial charge in [-0.2, -0.15) is 13.9 Å². The Kier molecular flexibility index (Phi) is 7.67. The zero-order valence-corrected chi connectivity index (χ0v) is 12.6. The molecule has 0 aromatic carbocycles. The molecule has 0 saturated heterocycles. The Morgan fingerprint density at radius 1 is 1.45 bits per heavy atom. The first-order chi connectivity index (χ1) is 8.82. The van der Waals surface area contributed by atoms with Crippen molar-refractivity contribution in [3.63, 3.8) is 0 Å². The normalized spacial score (nSPS) is 12.2. The number of hydrogen-bond donors (Lipinski definition) is 2. The summed E-state index contributed by atoms with van der Waals surface area (Å²) in [7, 11) is 0. The smallest absolute Gasteiger partial charge is 0.333 e. The molecule has 5 nitrogen and oxygen atoms in total. The van der Waals surface area contributed by atoms with E-state index in [0.717, 1.165) is 0 Å². The second-order valence-electron chi connectivity index (χ2n) is 4.66. The Labute approximate surface area is 123 Å². The van der Waals surface area contributed by atoms with Gasteiger partial charge in [0, 0.05) is 23.8 Å². The van der Waals surface area contributed by atoms with Gasteiger partial charge in [0.1, 0.15) is 0 Å². The molecule has 1 aromatic heterocycles. The lowest BCUT2D eigenvalue weighted by Gasteiger charge is -2.08. The number of rotatable bonds is 6. The van der Waals surface area contributed by atoms with Crippen molar-refractivity contribution in [1.82, 2.24) is 15.1 Å². The second-order valence-corrected chi connectivity index (χ2v) is 4.66. The molecule has 0 aliphatic rings. The zero-order chi connectivity index (χ0) is 14.6. The summed E-state index contributed by atoms with van der Waals surface area (Å²) < 4.78 is 25.9. The van der Waals surface area contributed by atoms with Crippen molar-refractivity contribution in [2.24, 2.45) is 5.73 Å². The topological polar surface area (TPSA) is 72.9 Å². The first kappa shape index (κ1) is 18.8. The lowest BCUT2D eigenvalue weighted by molar-refractivity contribution is -0.120. The maximum Gasteiger partial charge on any atom is 0.333 e. The molecule has 0 radical (unpaired) electrons. The Morgan fingerprint density at radius 2 is 2.05 bits per heavy atom. The molecule has 1 atom stereocenters. The first-order valence-corrected chi connectivity index (χ1v) is 6.18. The van der Waals surface area contributed by atoms with Gasteiger partial charge in [0.25, 0.3) is 0 Å². The van der Waals surface area contributed by atoms with E-state index in [1.54, 1.807) is 6.92 Å². The highest BCUT2D eigenvalue weighted by molar-refractivity contribution is 5.85. The summed E-state index contributed by atoms with van der Waals surface area (Å²) in [6, 6.07) is 0.0188. The third kappa shape index (κ3) is 5.05. The molecule has 0 fully saturated rings. The fourth-order valence-corrected chi connectivity index (χ4v) is 1.81. The van der Waals surface area contributed by atoms with Crippen molar-refractivity contribution in [2.75, 3.05) is 6.54 Å². The molecule has 116 valence electrons. The van der Waals surface area contributed by atoms with Crippen molar-refractivity contribution in [3.05, 3.63) is 17.0 Å². The third-order valence-electron chi connectivity index (χ3n) is 2.92. The Bertz CT molecular complexity index is 449. The summed E-state index contributed by atoms with van der Waals surface area (Å²) in [5.41, 5.74) is 6.91. The largest absolute Gasteiger partial charge is 0.356 e. The van der Waals surface area contributed by atoms with Crippen LogP contribution in [0.2, 0.25) is 0 Å². The summed E-state index contributed by atoms with van der Waals surface area (Å²) >= 11 is 0. The van der Waals surface area contributed by atoms with Gasteiger partial charge in [-0.1, -0.05) is 0 Å². The van der Waals surface area contributed by atoms with Crippen LogP contribution in [0.4, 0.5) is 8.78 Å². The van der Waals surface area contributed by atoms with Crippen LogP contribution in [0.25, 0.3) is 0 Å². The van der Waals surface area contributed by atoms with E-state index in [-0.39, 0.29) is 30.8 Å². The van der Waals surface area contributed by atoms with Gasteiger partial charge in [0.05, 0.1) is 12.1 Å². The third-order valence-corrected chi connectivity index (χ3v) is 2.92. The summed E-state index contributed by atoms with van der Waals surface area (Å²) in [4.78, 5) is 11.7. The average Bonchev–Trinajstić information content (AvgIpc) is 2.56. The van der Waals surface area contributed by atoms with Crippen molar-refractivity contribution in [1.29, 1.82) is 0 Å². The number of hydrogen-bond acceptors (Lipinski definition) is 3. The molecular weight excluding hydrogens is 290 g/mol. The van der Waals surface area contributed by atoms with E-state index in [0.29, 0.717) is 34.6 Å². The summed E-state index contributed by atoms with van der Waals surface area (Å²) in [6.07, 6.45) is 0.739. The number of nitrogens with zero attached hydrogens (tertiary/aromatic N) is 2. The van der Waals surface area contributed by atoms with Crippen molar-refractivity contribution in [2.45, 2.75) is 46.2 Å². The maximum absolute atomic E-state index is 12.6. The van der Waals surface area contributed by atoms with Gasteiger partial charge in [0.2, 0.25) is 5.91 Å². The standard InChI is InChI=1S/C12H20F2N4O.ClH/c1-7(15)4-5-16-11(19)6-10-8(2)17-18(9(10)3)12(13)14;/h7,12H,4-6,15H2,1-3H3,(H,16,19);1H. The Hall–Kier alpha value is -1.21. The zero-order valence-electron chi connectivity index (χ0n) is 11.8. The van der Waals surface area contributed by atoms with Crippen LogP contribution in [-0.4, -0.2) is 28.3 Å². The lowest BCUT2D eigenvalue weighted by Crippen LogP contribution is -2.30. The van der Waals surface area contributed by atoms with Crippen LogP contribution in [0.3, 0.4) is 0 Å². The maximum atomic E-state index is 12.6. The van der Waals surface area contributed by atoms with E-state index in [1.165, 1.54) is 6.92 Å². The monoisotopic (exact) mass is 310 g/mol. The lowest BCUT2D eigenvalue weighted by atomic mass is 10.1. The summed E-state index contributed by atoms with van der Waals surface area (Å²) in [5, 5.41) is 6.45. The minimum absolute atomic E-state index is 0. The number of amides is 1. The molecule has 0 spiro atoms. The van der Waals surface area contributed by atoms with Crippen LogP contribution < -0.4 is 11.1 Å². The van der Waals surface area contributed by atoms with Crippen LogP contribution in [0.15, 0.2) is 0 Å². The highest BCUT2D eigenvalue weighted by atomic mass is 35.5. The molecular formula is C12H21ClF2N4O. The summed E-state index contributed by atoms with van der Waals surface area (Å²) in [5.74, 6) is -0.208. The van der Waals surface area contributed by atoms with Crippen molar-refractivity contribution in [3.8, 4) is 0 Å². The van der Waals surface area contributed by atoms with E-state index < -0.39 is 6.55 Å². The highest BCUT2D eigenvalue weighted by Gasteiger charge is 2.18. The van der Waals surface area contributed by atoms with Crippen LogP contribution in [0.1, 0.15) is 36.8 Å². The van der Waals surface area contributed by atoms with E-state index in [9.17, 15) is 13.6 Å². The van der Waals surface area contributed by atoms with E-state index >= 15 is 0 Å². The molecule has 3 N–H and O–H groups in total. The van der Waals surface area contributed by atoms with Gasteiger partial charge in [-0.3, -0.25) is 4.79 Å². The molecule has 1 rings (SSSR count). The number of aromatic nitrogens is 2. The fourth-order valence-electron chi connectivity index (χ4n) is 1.81. The van der Waals surface area contributed by atoms with Gasteiger partial charge in [-0.05, 0) is 27.2 Å². The number of alkyl halides is 2. The quantitative estimate of drug-likeness (QED) is 0.840. The van der Waals surface area contributed by atoms with Gasteiger partial charge in [-0.15, -0.1) is 12.4 Å². The SMILES string of the molecule is Cc1nn(C(F)F)c(C)c1CC(=O)NCCC(C)N.Cl. The molecule has 1 heterocycles. The molecule has 1 unspecified atom stereocenters. The second kappa shape index (κ2) is 8.16. The van der Waals surface area contributed by atoms with Crippen molar-refractivity contribution >= 4 is 18.3 Å². The Morgan fingerprint density at radius 3 is 2.50 bits per heavy atom. The number of nitrogens with two attached hydrogens (primary N) is 1. The number of halogens is 3. The predicted octanol–water partition coefficient (Wildman–Crippen LogP) is 1.71. The van der Waals surface area contributed by atoms with Gasteiger partial charge < -0.3 is 11.1 Å². The van der Waals surface area contributed by atoms with E-state index in [4.69, 9.17) is 5.73 Å². The van der Waals surface area contributed by atoms with E-state index in [1.807, 2.05) is 6.92 Å². The highest BCUT2D eigenvalue weighted by Crippen LogP contribution is 2.19. The van der Waals surface area contributed by atoms with Gasteiger partial charge in [0.15, 0.2) is 0 Å². The molecule has 20 heavy (non-hydrogen) atoms. The minimum Gasteiger partial charge on any atom is -0.356 e. The molecule has 1 amide bonds. The predicted molar refractivity (Wildman–Crippen MR) is 75.2 cm³/mol.